The van der Waals surface area contributed by atoms with Gasteiger partial charge in [-0.3, -0.25) is 9.69 Å². The molecule has 1 aliphatic rings. The molecule has 0 radical (unpaired) electrons. The largest absolute Gasteiger partial charge is 0.480 e. The van der Waals surface area contributed by atoms with E-state index in [-0.39, 0.29) is 6.54 Å². The molecule has 1 saturated heterocycles. The lowest BCUT2D eigenvalue weighted by Gasteiger charge is -2.33. The third-order valence-electron chi connectivity index (χ3n) is 3.09. The maximum absolute atomic E-state index is 10.7. The standard InChI is InChI=1S/C13H20N4O3/c1-2-9-20-11-3-4-14-13(15-11)17-7-5-16(6-8-17)10-12(18)19/h3-4H,2,5-10H2,1H3,(H,18,19). The Morgan fingerprint density at radius 1 is 1.40 bits per heavy atom. The number of anilines is 1. The van der Waals surface area contributed by atoms with Gasteiger partial charge in [-0.2, -0.15) is 4.98 Å². The summed E-state index contributed by atoms with van der Waals surface area (Å²) in [5, 5.41) is 8.77. The highest BCUT2D eigenvalue weighted by Crippen LogP contribution is 2.14. The fourth-order valence-corrected chi connectivity index (χ4v) is 2.07. The lowest BCUT2D eigenvalue weighted by Crippen LogP contribution is -2.48. The maximum Gasteiger partial charge on any atom is 0.317 e. The smallest absolute Gasteiger partial charge is 0.317 e. The van der Waals surface area contributed by atoms with Crippen LogP contribution < -0.4 is 9.64 Å². The lowest BCUT2D eigenvalue weighted by molar-refractivity contribution is -0.138. The molecule has 7 nitrogen and oxygen atoms in total. The quantitative estimate of drug-likeness (QED) is 0.811. The van der Waals surface area contributed by atoms with E-state index in [1.165, 1.54) is 0 Å². The van der Waals surface area contributed by atoms with E-state index in [0.717, 1.165) is 19.5 Å². The van der Waals surface area contributed by atoms with Crippen LogP contribution >= 0.6 is 0 Å². The number of hydrogen-bond donors (Lipinski definition) is 1. The maximum atomic E-state index is 10.7. The Bertz CT molecular complexity index is 447. The number of nitrogens with zero attached hydrogens (tertiary/aromatic N) is 4. The van der Waals surface area contributed by atoms with Gasteiger partial charge < -0.3 is 14.7 Å². The van der Waals surface area contributed by atoms with Crippen molar-refractivity contribution in [3.05, 3.63) is 12.3 Å². The molecular formula is C13H20N4O3. The van der Waals surface area contributed by atoms with E-state index in [9.17, 15) is 4.79 Å². The molecule has 0 amide bonds. The number of carbonyl (C=O) groups is 1. The second kappa shape index (κ2) is 7.04. The Labute approximate surface area is 118 Å². The van der Waals surface area contributed by atoms with Crippen LogP contribution in [0.15, 0.2) is 12.3 Å². The molecule has 0 saturated carbocycles. The number of ether oxygens (including phenoxy) is 1. The number of rotatable bonds is 6. The predicted molar refractivity (Wildman–Crippen MR) is 74.1 cm³/mol. The van der Waals surface area contributed by atoms with Gasteiger partial charge in [-0.25, -0.2) is 4.98 Å². The summed E-state index contributed by atoms with van der Waals surface area (Å²) < 4.78 is 5.49. The van der Waals surface area contributed by atoms with Crippen molar-refractivity contribution < 1.29 is 14.6 Å². The predicted octanol–water partition coefficient (Wildman–Crippen LogP) is 0.472. The molecule has 2 heterocycles. The average Bonchev–Trinajstić information content (AvgIpc) is 2.45. The molecule has 0 spiro atoms. The normalized spacial score (nSPS) is 16.1. The Hall–Kier alpha value is -1.89. The molecule has 0 atom stereocenters. The van der Waals surface area contributed by atoms with Crippen molar-refractivity contribution in [2.24, 2.45) is 0 Å². The van der Waals surface area contributed by atoms with Gasteiger partial charge in [0.15, 0.2) is 0 Å². The van der Waals surface area contributed by atoms with Gasteiger partial charge in [0.2, 0.25) is 11.8 Å². The summed E-state index contributed by atoms with van der Waals surface area (Å²) in [6, 6.07) is 1.75. The zero-order valence-electron chi connectivity index (χ0n) is 11.7. The summed E-state index contributed by atoms with van der Waals surface area (Å²) in [6.45, 7) is 5.64. The first-order valence-electron chi connectivity index (χ1n) is 6.84. The Balaban J connectivity index is 1.91. The number of aromatic nitrogens is 2. The van der Waals surface area contributed by atoms with Crippen LogP contribution in [0.4, 0.5) is 5.95 Å². The molecule has 0 aliphatic carbocycles. The van der Waals surface area contributed by atoms with Crippen molar-refractivity contribution in [2.75, 3.05) is 44.2 Å². The number of piperazine rings is 1. The van der Waals surface area contributed by atoms with Gasteiger partial charge >= 0.3 is 5.97 Å². The fourth-order valence-electron chi connectivity index (χ4n) is 2.07. The van der Waals surface area contributed by atoms with Crippen LogP contribution in [0.5, 0.6) is 5.88 Å². The summed E-state index contributed by atoms with van der Waals surface area (Å²) in [7, 11) is 0. The van der Waals surface area contributed by atoms with E-state index in [0.29, 0.717) is 31.5 Å². The Morgan fingerprint density at radius 3 is 2.80 bits per heavy atom. The third kappa shape index (κ3) is 4.06. The SMILES string of the molecule is CCCOc1ccnc(N2CCN(CC(=O)O)CC2)n1. The molecular weight excluding hydrogens is 260 g/mol. The van der Waals surface area contributed by atoms with Crippen LogP contribution in [0.2, 0.25) is 0 Å². The van der Waals surface area contributed by atoms with Crippen LogP contribution in [0.1, 0.15) is 13.3 Å². The first kappa shape index (κ1) is 14.5. The zero-order valence-corrected chi connectivity index (χ0v) is 11.7. The summed E-state index contributed by atoms with van der Waals surface area (Å²) in [4.78, 5) is 23.3. The Kier molecular flexibility index (Phi) is 5.11. The molecule has 1 aliphatic heterocycles. The summed E-state index contributed by atoms with van der Waals surface area (Å²) in [5.74, 6) is 0.447. The van der Waals surface area contributed by atoms with Crippen molar-refractivity contribution in [2.45, 2.75) is 13.3 Å². The molecule has 20 heavy (non-hydrogen) atoms. The monoisotopic (exact) mass is 280 g/mol. The van der Waals surface area contributed by atoms with Crippen LogP contribution in [0, 0.1) is 0 Å². The summed E-state index contributed by atoms with van der Waals surface area (Å²) in [5.41, 5.74) is 0. The van der Waals surface area contributed by atoms with E-state index in [1.807, 2.05) is 11.8 Å². The van der Waals surface area contributed by atoms with Crippen molar-refractivity contribution in [1.29, 1.82) is 0 Å². The van der Waals surface area contributed by atoms with Gasteiger partial charge in [-0.15, -0.1) is 0 Å². The molecule has 7 heteroatoms. The highest BCUT2D eigenvalue weighted by molar-refractivity contribution is 5.69. The van der Waals surface area contributed by atoms with E-state index < -0.39 is 5.97 Å². The highest BCUT2D eigenvalue weighted by atomic mass is 16.5. The van der Waals surface area contributed by atoms with Gasteiger partial charge in [0, 0.05) is 38.4 Å². The third-order valence-corrected chi connectivity index (χ3v) is 3.09. The lowest BCUT2D eigenvalue weighted by atomic mass is 10.3. The Morgan fingerprint density at radius 2 is 2.15 bits per heavy atom. The molecule has 1 aromatic heterocycles. The summed E-state index contributed by atoms with van der Waals surface area (Å²) >= 11 is 0. The van der Waals surface area contributed by atoms with Crippen LogP contribution in [0.25, 0.3) is 0 Å². The first-order chi connectivity index (χ1) is 9.69. The number of carboxylic acids is 1. The molecule has 110 valence electrons. The second-order valence-corrected chi connectivity index (χ2v) is 4.70. The zero-order chi connectivity index (χ0) is 14.4. The minimum atomic E-state index is -0.787. The van der Waals surface area contributed by atoms with Gasteiger partial charge in [0.05, 0.1) is 13.2 Å². The van der Waals surface area contributed by atoms with E-state index in [1.54, 1.807) is 12.3 Å². The molecule has 2 rings (SSSR count). The number of hydrogen-bond acceptors (Lipinski definition) is 6. The van der Waals surface area contributed by atoms with Gasteiger partial charge in [-0.1, -0.05) is 6.92 Å². The number of aliphatic carboxylic acids is 1. The van der Waals surface area contributed by atoms with Crippen LogP contribution in [-0.2, 0) is 4.79 Å². The van der Waals surface area contributed by atoms with Crippen LogP contribution in [-0.4, -0.2) is 65.3 Å². The summed E-state index contributed by atoms with van der Waals surface area (Å²) in [6.07, 6.45) is 2.63. The van der Waals surface area contributed by atoms with Crippen molar-refractivity contribution in [3.63, 3.8) is 0 Å². The highest BCUT2D eigenvalue weighted by Gasteiger charge is 2.20. The van der Waals surface area contributed by atoms with Crippen molar-refractivity contribution in [3.8, 4) is 5.88 Å². The minimum Gasteiger partial charge on any atom is -0.480 e. The minimum absolute atomic E-state index is 0.0916. The van der Waals surface area contributed by atoms with Gasteiger partial charge in [-0.05, 0) is 6.42 Å². The van der Waals surface area contributed by atoms with E-state index in [4.69, 9.17) is 9.84 Å². The van der Waals surface area contributed by atoms with Crippen molar-refractivity contribution >= 4 is 11.9 Å². The van der Waals surface area contributed by atoms with E-state index >= 15 is 0 Å². The first-order valence-corrected chi connectivity index (χ1v) is 6.84. The molecule has 0 aromatic carbocycles. The molecule has 1 aromatic rings. The topological polar surface area (TPSA) is 78.8 Å². The van der Waals surface area contributed by atoms with Gasteiger partial charge in [0.1, 0.15) is 0 Å². The fraction of sp³-hybridized carbons (Fsp3) is 0.615. The number of carboxylic acid groups (broad SMARTS) is 1. The molecule has 0 bridgehead atoms. The van der Waals surface area contributed by atoms with Gasteiger partial charge in [0.25, 0.3) is 0 Å². The van der Waals surface area contributed by atoms with E-state index in [2.05, 4.69) is 14.9 Å². The molecule has 0 unspecified atom stereocenters. The second-order valence-electron chi connectivity index (χ2n) is 4.70. The molecule has 1 N–H and O–H groups in total. The average molecular weight is 280 g/mol. The molecule has 1 fully saturated rings. The van der Waals surface area contributed by atoms with Crippen molar-refractivity contribution in [1.82, 2.24) is 14.9 Å². The van der Waals surface area contributed by atoms with Crippen LogP contribution in [0.3, 0.4) is 0 Å².